The number of ether oxygens (including phenoxy) is 2. The first kappa shape index (κ1) is 19.8. The maximum absolute atomic E-state index is 13.8. The van der Waals surface area contributed by atoms with Gasteiger partial charge in [-0.15, -0.1) is 0 Å². The van der Waals surface area contributed by atoms with Crippen LogP contribution in [0.5, 0.6) is 11.5 Å². The minimum Gasteiger partial charge on any atom is -0.487 e. The van der Waals surface area contributed by atoms with E-state index in [4.69, 9.17) is 20.5 Å². The van der Waals surface area contributed by atoms with Gasteiger partial charge in [-0.1, -0.05) is 12.1 Å². The summed E-state index contributed by atoms with van der Waals surface area (Å²) in [5, 5.41) is 8.88. The number of hydrogen-bond donors (Lipinski definition) is 1. The third-order valence-electron chi connectivity index (χ3n) is 3.94. The summed E-state index contributed by atoms with van der Waals surface area (Å²) in [5.41, 5.74) is 6.63. The standard InChI is InChI=1S/C21H15F2N3O3/c22-15-4-2-14(3-5-15)16-7-8-26-19(21(25)27)20(16)29-10-9-28-18-11-13(12-24)1-6-17(18)23/h1-8,11H,9-10H2,(H2,25,27). The van der Waals surface area contributed by atoms with Crippen LogP contribution in [0.4, 0.5) is 8.78 Å². The lowest BCUT2D eigenvalue weighted by molar-refractivity contribution is 0.0990. The van der Waals surface area contributed by atoms with E-state index in [0.717, 1.165) is 6.07 Å². The number of hydrogen-bond acceptors (Lipinski definition) is 5. The molecule has 0 saturated heterocycles. The highest BCUT2D eigenvalue weighted by Gasteiger charge is 2.17. The molecule has 0 fully saturated rings. The Morgan fingerprint density at radius 2 is 1.79 bits per heavy atom. The molecule has 0 spiro atoms. The molecule has 8 heteroatoms. The van der Waals surface area contributed by atoms with E-state index < -0.39 is 17.5 Å². The van der Waals surface area contributed by atoms with Crippen molar-refractivity contribution in [3.05, 3.63) is 77.6 Å². The van der Waals surface area contributed by atoms with Gasteiger partial charge in [0.2, 0.25) is 0 Å². The van der Waals surface area contributed by atoms with Gasteiger partial charge in [0.15, 0.2) is 23.0 Å². The van der Waals surface area contributed by atoms with E-state index in [2.05, 4.69) is 4.98 Å². The van der Waals surface area contributed by atoms with Crippen LogP contribution >= 0.6 is 0 Å². The number of nitriles is 1. The first-order valence-electron chi connectivity index (χ1n) is 8.49. The van der Waals surface area contributed by atoms with Gasteiger partial charge in [-0.3, -0.25) is 4.79 Å². The number of pyridine rings is 1. The van der Waals surface area contributed by atoms with E-state index in [1.54, 1.807) is 6.07 Å². The number of benzene rings is 2. The smallest absolute Gasteiger partial charge is 0.271 e. The molecular formula is C21H15F2N3O3. The van der Waals surface area contributed by atoms with Crippen molar-refractivity contribution in [1.29, 1.82) is 5.26 Å². The lowest BCUT2D eigenvalue weighted by Crippen LogP contribution is -2.17. The SMILES string of the molecule is N#Cc1ccc(F)c(OCCOc2c(-c3ccc(F)cc3)ccnc2C(N)=O)c1. The quantitative estimate of drug-likeness (QED) is 0.618. The van der Waals surface area contributed by atoms with Crippen molar-refractivity contribution in [3.8, 4) is 28.7 Å². The Morgan fingerprint density at radius 3 is 2.48 bits per heavy atom. The molecule has 0 aliphatic heterocycles. The minimum atomic E-state index is -0.794. The molecule has 3 aromatic rings. The van der Waals surface area contributed by atoms with E-state index in [-0.39, 0.29) is 36.0 Å². The number of rotatable bonds is 7. The molecule has 0 atom stereocenters. The number of carbonyl (C=O) groups excluding carboxylic acids is 1. The Morgan fingerprint density at radius 1 is 1.07 bits per heavy atom. The molecule has 0 saturated carbocycles. The van der Waals surface area contributed by atoms with Gasteiger partial charge in [0.25, 0.3) is 5.91 Å². The van der Waals surface area contributed by atoms with Crippen molar-refractivity contribution in [1.82, 2.24) is 4.98 Å². The number of primary amides is 1. The van der Waals surface area contributed by atoms with E-state index in [9.17, 15) is 13.6 Å². The second kappa shape index (κ2) is 8.80. The van der Waals surface area contributed by atoms with Gasteiger partial charge in [-0.05, 0) is 35.9 Å². The molecule has 2 N–H and O–H groups in total. The van der Waals surface area contributed by atoms with Crippen LogP contribution in [0.25, 0.3) is 11.1 Å². The fourth-order valence-electron chi connectivity index (χ4n) is 2.61. The van der Waals surface area contributed by atoms with Crippen LogP contribution in [0.3, 0.4) is 0 Å². The van der Waals surface area contributed by atoms with Gasteiger partial charge < -0.3 is 15.2 Å². The zero-order valence-electron chi connectivity index (χ0n) is 15.1. The summed E-state index contributed by atoms with van der Waals surface area (Å²) in [6.07, 6.45) is 1.39. The molecular weight excluding hydrogens is 380 g/mol. The Hall–Kier alpha value is -3.99. The number of nitrogens with two attached hydrogens (primary N) is 1. The lowest BCUT2D eigenvalue weighted by atomic mass is 10.0. The van der Waals surface area contributed by atoms with E-state index >= 15 is 0 Å². The number of carbonyl (C=O) groups is 1. The van der Waals surface area contributed by atoms with Crippen LogP contribution in [0.15, 0.2) is 54.7 Å². The number of amides is 1. The molecule has 29 heavy (non-hydrogen) atoms. The van der Waals surface area contributed by atoms with Gasteiger partial charge >= 0.3 is 0 Å². The monoisotopic (exact) mass is 395 g/mol. The van der Waals surface area contributed by atoms with Crippen molar-refractivity contribution in [2.24, 2.45) is 5.73 Å². The van der Waals surface area contributed by atoms with Crippen molar-refractivity contribution < 1.29 is 23.0 Å². The Labute approximate surface area is 165 Å². The average molecular weight is 395 g/mol. The first-order valence-corrected chi connectivity index (χ1v) is 8.49. The zero-order valence-corrected chi connectivity index (χ0v) is 15.1. The Balaban J connectivity index is 1.79. The number of nitrogens with zero attached hydrogens (tertiary/aromatic N) is 2. The Bertz CT molecular complexity index is 1080. The topological polar surface area (TPSA) is 98.2 Å². The molecule has 0 bridgehead atoms. The predicted molar refractivity (Wildman–Crippen MR) is 100 cm³/mol. The van der Waals surface area contributed by atoms with Crippen LogP contribution in [0.2, 0.25) is 0 Å². The van der Waals surface area contributed by atoms with Crippen LogP contribution in [0.1, 0.15) is 16.1 Å². The third kappa shape index (κ3) is 4.65. The summed E-state index contributed by atoms with van der Waals surface area (Å²) in [7, 11) is 0. The molecule has 3 rings (SSSR count). The summed E-state index contributed by atoms with van der Waals surface area (Å²) in [4.78, 5) is 15.7. The minimum absolute atomic E-state index is 0.0591. The van der Waals surface area contributed by atoms with Crippen molar-refractivity contribution in [2.45, 2.75) is 0 Å². The van der Waals surface area contributed by atoms with Crippen LogP contribution in [-0.4, -0.2) is 24.1 Å². The van der Waals surface area contributed by atoms with Crippen LogP contribution in [0, 0.1) is 23.0 Å². The maximum Gasteiger partial charge on any atom is 0.271 e. The molecule has 1 amide bonds. The number of halogens is 2. The molecule has 1 aromatic heterocycles. The van der Waals surface area contributed by atoms with E-state index in [0.29, 0.717) is 11.1 Å². The number of aromatic nitrogens is 1. The maximum atomic E-state index is 13.8. The molecule has 146 valence electrons. The highest BCUT2D eigenvalue weighted by Crippen LogP contribution is 2.32. The fourth-order valence-corrected chi connectivity index (χ4v) is 2.61. The molecule has 6 nitrogen and oxygen atoms in total. The van der Waals surface area contributed by atoms with Crippen LogP contribution in [-0.2, 0) is 0 Å². The molecule has 0 unspecified atom stereocenters. The second-order valence-electron chi connectivity index (χ2n) is 5.86. The molecule has 0 aliphatic carbocycles. The summed E-state index contributed by atoms with van der Waals surface area (Å²) in [5.74, 6) is -1.79. The normalized spacial score (nSPS) is 10.2. The molecule has 1 heterocycles. The van der Waals surface area contributed by atoms with Gasteiger partial charge in [0.05, 0.1) is 11.6 Å². The van der Waals surface area contributed by atoms with Crippen LogP contribution < -0.4 is 15.2 Å². The van der Waals surface area contributed by atoms with Gasteiger partial charge in [0, 0.05) is 17.8 Å². The lowest BCUT2D eigenvalue weighted by Gasteiger charge is -2.14. The van der Waals surface area contributed by atoms with Crippen molar-refractivity contribution in [3.63, 3.8) is 0 Å². The van der Waals surface area contributed by atoms with E-state index in [1.165, 1.54) is 42.6 Å². The van der Waals surface area contributed by atoms with Gasteiger partial charge in [-0.25, -0.2) is 13.8 Å². The van der Waals surface area contributed by atoms with Crippen molar-refractivity contribution >= 4 is 5.91 Å². The summed E-state index contributed by atoms with van der Waals surface area (Å²) in [6.45, 7) is -0.127. The fraction of sp³-hybridized carbons (Fsp3) is 0.0952. The summed E-state index contributed by atoms with van der Waals surface area (Å²) in [6, 6.07) is 12.9. The predicted octanol–water partition coefficient (Wildman–Crippen LogP) is 3.46. The molecule has 0 aliphatic rings. The highest BCUT2D eigenvalue weighted by atomic mass is 19.1. The molecule has 2 aromatic carbocycles. The Kier molecular flexibility index (Phi) is 6.00. The molecule has 0 radical (unpaired) electrons. The largest absolute Gasteiger partial charge is 0.487 e. The van der Waals surface area contributed by atoms with E-state index in [1.807, 2.05) is 6.07 Å². The summed E-state index contributed by atoms with van der Waals surface area (Å²) >= 11 is 0. The highest BCUT2D eigenvalue weighted by molar-refractivity contribution is 5.96. The zero-order chi connectivity index (χ0) is 20.8. The average Bonchev–Trinajstić information content (AvgIpc) is 2.72. The summed E-state index contributed by atoms with van der Waals surface area (Å²) < 4.78 is 38.0. The van der Waals surface area contributed by atoms with Crippen molar-refractivity contribution in [2.75, 3.05) is 13.2 Å². The first-order chi connectivity index (χ1) is 14.0. The third-order valence-corrected chi connectivity index (χ3v) is 3.94. The van der Waals surface area contributed by atoms with Gasteiger partial charge in [0.1, 0.15) is 19.0 Å². The second-order valence-corrected chi connectivity index (χ2v) is 5.86. The van der Waals surface area contributed by atoms with Gasteiger partial charge in [-0.2, -0.15) is 5.26 Å².